The molecule has 0 amide bonds. The Balaban J connectivity index is 1.81. The SMILES string of the molecule is N[C@@H]1CCC[C@@H]1C(=O)OC1CCC1. The van der Waals surface area contributed by atoms with Gasteiger partial charge in [-0.15, -0.1) is 0 Å². The lowest BCUT2D eigenvalue weighted by Crippen LogP contribution is -2.35. The number of esters is 1. The van der Waals surface area contributed by atoms with Gasteiger partial charge in [0.25, 0.3) is 0 Å². The van der Waals surface area contributed by atoms with E-state index in [2.05, 4.69) is 0 Å². The molecule has 0 saturated heterocycles. The Labute approximate surface area is 78.6 Å². The van der Waals surface area contributed by atoms with Crippen molar-refractivity contribution < 1.29 is 9.53 Å². The number of carbonyl (C=O) groups is 1. The van der Waals surface area contributed by atoms with Gasteiger partial charge in [-0.2, -0.15) is 0 Å². The lowest BCUT2D eigenvalue weighted by molar-refractivity contribution is -0.158. The van der Waals surface area contributed by atoms with Crippen molar-refractivity contribution in [3.63, 3.8) is 0 Å². The second kappa shape index (κ2) is 3.66. The van der Waals surface area contributed by atoms with Crippen molar-refractivity contribution in [1.82, 2.24) is 0 Å². The van der Waals surface area contributed by atoms with Crippen LogP contribution in [-0.2, 0) is 9.53 Å². The van der Waals surface area contributed by atoms with Gasteiger partial charge in [0.2, 0.25) is 0 Å². The summed E-state index contributed by atoms with van der Waals surface area (Å²) < 4.78 is 5.32. The molecular weight excluding hydrogens is 166 g/mol. The molecule has 0 unspecified atom stereocenters. The summed E-state index contributed by atoms with van der Waals surface area (Å²) in [5.74, 6) is -0.0599. The zero-order valence-corrected chi connectivity index (χ0v) is 7.87. The van der Waals surface area contributed by atoms with Gasteiger partial charge in [0.1, 0.15) is 6.10 Å². The number of carbonyl (C=O) groups excluding carboxylic acids is 1. The molecule has 2 fully saturated rings. The molecule has 13 heavy (non-hydrogen) atoms. The standard InChI is InChI=1S/C10H17NO2/c11-9-6-2-5-8(9)10(12)13-7-3-1-4-7/h7-9H,1-6,11H2/t8-,9+/m0/s1. The van der Waals surface area contributed by atoms with Gasteiger partial charge in [-0.05, 0) is 32.1 Å². The van der Waals surface area contributed by atoms with E-state index in [0.717, 1.165) is 32.1 Å². The fourth-order valence-corrected chi connectivity index (χ4v) is 2.02. The summed E-state index contributed by atoms with van der Waals surface area (Å²) in [6.07, 6.45) is 6.49. The molecule has 0 aliphatic heterocycles. The van der Waals surface area contributed by atoms with E-state index >= 15 is 0 Å². The van der Waals surface area contributed by atoms with E-state index in [9.17, 15) is 4.79 Å². The number of ether oxygens (including phenoxy) is 1. The smallest absolute Gasteiger partial charge is 0.310 e. The molecule has 0 spiro atoms. The molecule has 2 N–H and O–H groups in total. The molecule has 2 atom stereocenters. The molecule has 2 saturated carbocycles. The average Bonchev–Trinajstić information content (AvgIpc) is 2.43. The van der Waals surface area contributed by atoms with Gasteiger partial charge in [-0.3, -0.25) is 4.79 Å². The van der Waals surface area contributed by atoms with Crippen molar-refractivity contribution in [1.29, 1.82) is 0 Å². The van der Waals surface area contributed by atoms with Crippen LogP contribution in [0.4, 0.5) is 0 Å². The van der Waals surface area contributed by atoms with Crippen LogP contribution in [0.25, 0.3) is 0 Å². The molecule has 0 aromatic rings. The molecule has 2 rings (SSSR count). The highest BCUT2D eigenvalue weighted by molar-refractivity contribution is 5.73. The zero-order valence-electron chi connectivity index (χ0n) is 7.87. The summed E-state index contributed by atoms with van der Waals surface area (Å²) in [4.78, 5) is 11.6. The number of hydrogen-bond acceptors (Lipinski definition) is 3. The van der Waals surface area contributed by atoms with E-state index in [4.69, 9.17) is 10.5 Å². The molecule has 2 aliphatic carbocycles. The fourth-order valence-electron chi connectivity index (χ4n) is 2.02. The minimum absolute atomic E-state index is 0.0133. The van der Waals surface area contributed by atoms with E-state index < -0.39 is 0 Å². The molecular formula is C10H17NO2. The summed E-state index contributed by atoms with van der Waals surface area (Å²) in [6, 6.07) is 0.0487. The van der Waals surface area contributed by atoms with Crippen molar-refractivity contribution in [3.05, 3.63) is 0 Å². The quantitative estimate of drug-likeness (QED) is 0.655. The Bertz CT molecular complexity index is 201. The Morgan fingerprint density at radius 1 is 1.15 bits per heavy atom. The van der Waals surface area contributed by atoms with Gasteiger partial charge >= 0.3 is 5.97 Å². The van der Waals surface area contributed by atoms with Crippen LogP contribution in [0.5, 0.6) is 0 Å². The predicted molar refractivity (Wildman–Crippen MR) is 49.0 cm³/mol. The Morgan fingerprint density at radius 3 is 2.31 bits per heavy atom. The fraction of sp³-hybridized carbons (Fsp3) is 0.900. The molecule has 0 radical (unpaired) electrons. The highest BCUT2D eigenvalue weighted by Crippen LogP contribution is 2.28. The van der Waals surface area contributed by atoms with Crippen molar-refractivity contribution in [2.45, 2.75) is 50.7 Å². The van der Waals surface area contributed by atoms with E-state index in [1.54, 1.807) is 0 Å². The Kier molecular flexibility index (Phi) is 2.54. The minimum atomic E-state index is -0.0466. The molecule has 0 bridgehead atoms. The molecule has 74 valence electrons. The van der Waals surface area contributed by atoms with Crippen LogP contribution in [0, 0.1) is 5.92 Å². The first-order valence-electron chi connectivity index (χ1n) is 5.23. The van der Waals surface area contributed by atoms with Crippen molar-refractivity contribution in [2.24, 2.45) is 11.7 Å². The number of rotatable bonds is 2. The monoisotopic (exact) mass is 183 g/mol. The van der Waals surface area contributed by atoms with Gasteiger partial charge in [0.15, 0.2) is 0 Å². The summed E-state index contributed by atoms with van der Waals surface area (Å²) in [5.41, 5.74) is 5.81. The van der Waals surface area contributed by atoms with Crippen LogP contribution in [0.3, 0.4) is 0 Å². The maximum absolute atomic E-state index is 11.6. The molecule has 3 nitrogen and oxygen atoms in total. The molecule has 0 aromatic carbocycles. The lowest BCUT2D eigenvalue weighted by atomic mass is 9.95. The predicted octanol–water partition coefficient (Wildman–Crippen LogP) is 1.21. The summed E-state index contributed by atoms with van der Waals surface area (Å²) in [7, 11) is 0. The van der Waals surface area contributed by atoms with Crippen molar-refractivity contribution in [3.8, 4) is 0 Å². The third kappa shape index (κ3) is 1.85. The van der Waals surface area contributed by atoms with Crippen LogP contribution in [0.15, 0.2) is 0 Å². The minimum Gasteiger partial charge on any atom is -0.462 e. The first kappa shape index (κ1) is 9.00. The second-order valence-electron chi connectivity index (χ2n) is 4.19. The van der Waals surface area contributed by atoms with E-state index in [0.29, 0.717) is 0 Å². The van der Waals surface area contributed by atoms with Gasteiger partial charge in [-0.1, -0.05) is 6.42 Å². The molecule has 2 aliphatic rings. The highest BCUT2D eigenvalue weighted by Gasteiger charge is 2.33. The Morgan fingerprint density at radius 2 is 1.85 bits per heavy atom. The van der Waals surface area contributed by atoms with Crippen LogP contribution >= 0.6 is 0 Å². The van der Waals surface area contributed by atoms with Crippen LogP contribution in [-0.4, -0.2) is 18.1 Å². The zero-order chi connectivity index (χ0) is 9.26. The Hall–Kier alpha value is -0.570. The van der Waals surface area contributed by atoms with Crippen LogP contribution in [0.2, 0.25) is 0 Å². The second-order valence-corrected chi connectivity index (χ2v) is 4.19. The van der Waals surface area contributed by atoms with Gasteiger partial charge in [-0.25, -0.2) is 0 Å². The topological polar surface area (TPSA) is 52.3 Å². The van der Waals surface area contributed by atoms with Crippen LogP contribution in [0.1, 0.15) is 38.5 Å². The first-order chi connectivity index (χ1) is 6.27. The van der Waals surface area contributed by atoms with E-state index in [1.807, 2.05) is 0 Å². The van der Waals surface area contributed by atoms with Crippen molar-refractivity contribution in [2.75, 3.05) is 0 Å². The number of hydrogen-bond donors (Lipinski definition) is 1. The van der Waals surface area contributed by atoms with E-state index in [-0.39, 0.29) is 24.0 Å². The highest BCUT2D eigenvalue weighted by atomic mass is 16.5. The van der Waals surface area contributed by atoms with Crippen molar-refractivity contribution >= 4 is 5.97 Å². The van der Waals surface area contributed by atoms with Gasteiger partial charge in [0, 0.05) is 6.04 Å². The third-order valence-corrected chi connectivity index (χ3v) is 3.21. The summed E-state index contributed by atoms with van der Waals surface area (Å²) in [6.45, 7) is 0. The molecule has 3 heteroatoms. The van der Waals surface area contributed by atoms with Crippen LogP contribution < -0.4 is 5.73 Å². The molecule has 0 aromatic heterocycles. The van der Waals surface area contributed by atoms with Gasteiger partial charge in [0.05, 0.1) is 5.92 Å². The normalized spacial score (nSPS) is 34.2. The summed E-state index contributed by atoms with van der Waals surface area (Å²) in [5, 5.41) is 0. The average molecular weight is 183 g/mol. The first-order valence-corrected chi connectivity index (χ1v) is 5.23. The number of nitrogens with two attached hydrogens (primary N) is 1. The lowest BCUT2D eigenvalue weighted by Gasteiger charge is -2.27. The van der Waals surface area contributed by atoms with Gasteiger partial charge < -0.3 is 10.5 Å². The maximum atomic E-state index is 11.6. The maximum Gasteiger partial charge on any atom is 0.310 e. The van der Waals surface area contributed by atoms with E-state index in [1.165, 1.54) is 6.42 Å². The third-order valence-electron chi connectivity index (χ3n) is 3.21. The molecule has 0 heterocycles. The largest absolute Gasteiger partial charge is 0.462 e. The summed E-state index contributed by atoms with van der Waals surface area (Å²) >= 11 is 0.